The molecule has 0 saturated carbocycles. The van der Waals surface area contributed by atoms with Crippen molar-refractivity contribution in [1.82, 2.24) is 4.31 Å². The van der Waals surface area contributed by atoms with Gasteiger partial charge in [0.15, 0.2) is 0 Å². The van der Waals surface area contributed by atoms with Crippen LogP contribution in [0, 0.1) is 0 Å². The van der Waals surface area contributed by atoms with Crippen molar-refractivity contribution >= 4 is 11.9 Å². The van der Waals surface area contributed by atoms with Crippen LogP contribution >= 0.6 is 11.9 Å². The van der Waals surface area contributed by atoms with Crippen LogP contribution in [0.2, 0.25) is 0 Å². The molecule has 1 aliphatic rings. The lowest BCUT2D eigenvalue weighted by atomic mass is 10.2. The first-order chi connectivity index (χ1) is 6.88. The molecular formula is C11H15NOS. The molecule has 1 aromatic carbocycles. The Morgan fingerprint density at radius 2 is 2.14 bits per heavy atom. The van der Waals surface area contributed by atoms with E-state index in [1.165, 1.54) is 24.3 Å². The molecule has 0 radical (unpaired) electrons. The molecule has 0 unspecified atom stereocenters. The molecule has 0 aliphatic carbocycles. The van der Waals surface area contributed by atoms with Crippen LogP contribution < -0.4 is 4.74 Å². The SMILES string of the molecule is COc1ccc(CN2CCCS2)cc1. The number of rotatable bonds is 3. The first-order valence-electron chi connectivity index (χ1n) is 4.89. The number of methoxy groups -OCH3 is 1. The highest BCUT2D eigenvalue weighted by Crippen LogP contribution is 2.23. The Kier molecular flexibility index (Phi) is 3.32. The molecule has 14 heavy (non-hydrogen) atoms. The zero-order valence-electron chi connectivity index (χ0n) is 8.40. The van der Waals surface area contributed by atoms with E-state index in [9.17, 15) is 0 Å². The number of hydrogen-bond acceptors (Lipinski definition) is 3. The minimum Gasteiger partial charge on any atom is -0.497 e. The van der Waals surface area contributed by atoms with Crippen molar-refractivity contribution < 1.29 is 4.74 Å². The van der Waals surface area contributed by atoms with Gasteiger partial charge in [0.25, 0.3) is 0 Å². The summed E-state index contributed by atoms with van der Waals surface area (Å²) in [6, 6.07) is 8.32. The van der Waals surface area contributed by atoms with Gasteiger partial charge in [-0.3, -0.25) is 0 Å². The molecule has 0 atom stereocenters. The Balaban J connectivity index is 1.95. The molecule has 3 heteroatoms. The van der Waals surface area contributed by atoms with Gasteiger partial charge in [0, 0.05) is 18.8 Å². The van der Waals surface area contributed by atoms with E-state index in [4.69, 9.17) is 4.74 Å². The smallest absolute Gasteiger partial charge is 0.118 e. The zero-order valence-corrected chi connectivity index (χ0v) is 9.22. The summed E-state index contributed by atoms with van der Waals surface area (Å²) in [4.78, 5) is 0. The van der Waals surface area contributed by atoms with E-state index in [0.29, 0.717) is 0 Å². The highest BCUT2D eigenvalue weighted by Gasteiger charge is 2.12. The van der Waals surface area contributed by atoms with Crippen LogP contribution in [0.3, 0.4) is 0 Å². The number of nitrogens with zero attached hydrogens (tertiary/aromatic N) is 1. The van der Waals surface area contributed by atoms with Gasteiger partial charge in [-0.2, -0.15) is 0 Å². The van der Waals surface area contributed by atoms with Gasteiger partial charge in [0.1, 0.15) is 5.75 Å². The fourth-order valence-electron chi connectivity index (χ4n) is 1.56. The van der Waals surface area contributed by atoms with Gasteiger partial charge >= 0.3 is 0 Å². The summed E-state index contributed by atoms with van der Waals surface area (Å²) in [5, 5.41) is 0. The Morgan fingerprint density at radius 3 is 2.71 bits per heavy atom. The van der Waals surface area contributed by atoms with Crippen LogP contribution in [0.15, 0.2) is 24.3 Å². The minimum absolute atomic E-state index is 0.933. The van der Waals surface area contributed by atoms with Crippen LogP contribution in [-0.2, 0) is 6.54 Å². The monoisotopic (exact) mass is 209 g/mol. The molecule has 1 aliphatic heterocycles. The van der Waals surface area contributed by atoms with E-state index in [1.54, 1.807) is 7.11 Å². The second-order valence-electron chi connectivity index (χ2n) is 3.40. The van der Waals surface area contributed by atoms with Crippen LogP contribution in [-0.4, -0.2) is 23.7 Å². The first kappa shape index (κ1) is 9.87. The van der Waals surface area contributed by atoms with Gasteiger partial charge in [-0.15, -0.1) is 0 Å². The minimum atomic E-state index is 0.933. The third-order valence-corrected chi connectivity index (χ3v) is 3.49. The van der Waals surface area contributed by atoms with Crippen molar-refractivity contribution in [2.75, 3.05) is 19.4 Å². The normalized spacial score (nSPS) is 17.2. The van der Waals surface area contributed by atoms with Crippen LogP contribution in [0.1, 0.15) is 12.0 Å². The average Bonchev–Trinajstić information content (AvgIpc) is 2.72. The lowest BCUT2D eigenvalue weighted by Gasteiger charge is -2.13. The summed E-state index contributed by atoms with van der Waals surface area (Å²) in [5.41, 5.74) is 1.36. The lowest BCUT2D eigenvalue weighted by molar-refractivity contribution is 0.414. The van der Waals surface area contributed by atoms with Gasteiger partial charge in [0.05, 0.1) is 7.11 Å². The summed E-state index contributed by atoms with van der Waals surface area (Å²) in [6.07, 6.45) is 1.32. The number of ether oxygens (including phenoxy) is 1. The predicted octanol–water partition coefficient (Wildman–Crippen LogP) is 2.55. The topological polar surface area (TPSA) is 12.5 Å². The van der Waals surface area contributed by atoms with Gasteiger partial charge in [-0.05, 0) is 24.1 Å². The molecule has 1 saturated heterocycles. The van der Waals surface area contributed by atoms with Crippen molar-refractivity contribution in [3.05, 3.63) is 29.8 Å². The standard InChI is InChI=1S/C11H15NOS/c1-13-11-5-3-10(4-6-11)9-12-7-2-8-14-12/h3-6H,2,7-9H2,1H3. The molecule has 0 bridgehead atoms. The third-order valence-electron chi connectivity index (χ3n) is 2.34. The summed E-state index contributed by atoms with van der Waals surface area (Å²) in [5.74, 6) is 2.21. The van der Waals surface area contributed by atoms with E-state index in [0.717, 1.165) is 12.3 Å². The molecule has 0 aromatic heterocycles. The molecule has 1 fully saturated rings. The van der Waals surface area contributed by atoms with Crippen molar-refractivity contribution in [2.24, 2.45) is 0 Å². The molecular weight excluding hydrogens is 194 g/mol. The Labute approximate surface area is 89.4 Å². The molecule has 0 spiro atoms. The van der Waals surface area contributed by atoms with Gasteiger partial charge < -0.3 is 4.74 Å². The maximum absolute atomic E-state index is 5.12. The quantitative estimate of drug-likeness (QED) is 0.710. The van der Waals surface area contributed by atoms with Crippen molar-refractivity contribution in [3.63, 3.8) is 0 Å². The van der Waals surface area contributed by atoms with Crippen LogP contribution in [0.4, 0.5) is 0 Å². The largest absolute Gasteiger partial charge is 0.497 e. The van der Waals surface area contributed by atoms with E-state index in [-0.39, 0.29) is 0 Å². The molecule has 76 valence electrons. The first-order valence-corrected chi connectivity index (χ1v) is 5.83. The van der Waals surface area contributed by atoms with Gasteiger partial charge in [0.2, 0.25) is 0 Å². The molecule has 1 aromatic rings. The molecule has 2 rings (SSSR count). The Bertz CT molecular complexity index is 280. The number of hydrogen-bond donors (Lipinski definition) is 0. The van der Waals surface area contributed by atoms with Crippen molar-refractivity contribution in [3.8, 4) is 5.75 Å². The molecule has 2 nitrogen and oxygen atoms in total. The summed E-state index contributed by atoms with van der Waals surface area (Å²) >= 11 is 1.95. The van der Waals surface area contributed by atoms with Crippen LogP contribution in [0.25, 0.3) is 0 Å². The fourth-order valence-corrected chi connectivity index (χ4v) is 2.57. The van der Waals surface area contributed by atoms with E-state index >= 15 is 0 Å². The maximum atomic E-state index is 5.12. The Morgan fingerprint density at radius 1 is 1.36 bits per heavy atom. The third kappa shape index (κ3) is 2.42. The lowest BCUT2D eigenvalue weighted by Crippen LogP contribution is -2.10. The summed E-state index contributed by atoms with van der Waals surface area (Å²) < 4.78 is 7.54. The molecule has 0 amide bonds. The Hall–Kier alpha value is -0.670. The predicted molar refractivity (Wildman–Crippen MR) is 60.5 cm³/mol. The van der Waals surface area contributed by atoms with Gasteiger partial charge in [-0.1, -0.05) is 24.1 Å². The highest BCUT2D eigenvalue weighted by atomic mass is 32.2. The maximum Gasteiger partial charge on any atom is 0.118 e. The second kappa shape index (κ2) is 4.71. The van der Waals surface area contributed by atoms with Gasteiger partial charge in [-0.25, -0.2) is 4.31 Å². The average molecular weight is 209 g/mol. The molecule has 0 N–H and O–H groups in total. The zero-order chi connectivity index (χ0) is 9.80. The van der Waals surface area contributed by atoms with E-state index in [2.05, 4.69) is 16.4 Å². The fraction of sp³-hybridized carbons (Fsp3) is 0.455. The second-order valence-corrected chi connectivity index (χ2v) is 4.58. The van der Waals surface area contributed by atoms with E-state index < -0.39 is 0 Å². The summed E-state index contributed by atoms with van der Waals surface area (Å²) in [7, 11) is 1.70. The summed E-state index contributed by atoms with van der Waals surface area (Å²) in [6.45, 7) is 2.27. The van der Waals surface area contributed by atoms with Crippen molar-refractivity contribution in [1.29, 1.82) is 0 Å². The molecule has 1 heterocycles. The number of benzene rings is 1. The van der Waals surface area contributed by atoms with Crippen molar-refractivity contribution in [2.45, 2.75) is 13.0 Å². The highest BCUT2D eigenvalue weighted by molar-refractivity contribution is 7.97. The van der Waals surface area contributed by atoms with Crippen LogP contribution in [0.5, 0.6) is 5.75 Å². The van der Waals surface area contributed by atoms with E-state index in [1.807, 2.05) is 24.1 Å².